The van der Waals surface area contributed by atoms with Crippen molar-refractivity contribution in [3.63, 3.8) is 0 Å². The van der Waals surface area contributed by atoms with Crippen LogP contribution >= 0.6 is 27.7 Å². The monoisotopic (exact) mass is 358 g/mol. The van der Waals surface area contributed by atoms with Crippen LogP contribution < -0.4 is 11.3 Å². The van der Waals surface area contributed by atoms with Gasteiger partial charge in [0.2, 0.25) is 0 Å². The maximum Gasteiger partial charge on any atom is 0.130 e. The third kappa shape index (κ3) is 3.58. The summed E-state index contributed by atoms with van der Waals surface area (Å²) in [6, 6.07) is 10.8. The SMILES string of the molecule is NNC(CSc1ccccc1Br)c1c(F)cccc1F. The number of thioether (sulfide) groups is 1. The van der Waals surface area contributed by atoms with E-state index in [0.717, 1.165) is 9.37 Å². The van der Waals surface area contributed by atoms with Gasteiger partial charge in [0.25, 0.3) is 0 Å². The van der Waals surface area contributed by atoms with Gasteiger partial charge in [-0.3, -0.25) is 11.3 Å². The van der Waals surface area contributed by atoms with E-state index in [-0.39, 0.29) is 5.56 Å². The Labute approximate surface area is 128 Å². The third-order valence-corrected chi connectivity index (χ3v) is 4.91. The Morgan fingerprint density at radius 1 is 1.10 bits per heavy atom. The van der Waals surface area contributed by atoms with Gasteiger partial charge >= 0.3 is 0 Å². The van der Waals surface area contributed by atoms with Crippen LogP contribution in [0, 0.1) is 11.6 Å². The molecule has 2 aromatic rings. The van der Waals surface area contributed by atoms with Crippen LogP contribution in [0.4, 0.5) is 8.78 Å². The molecular weight excluding hydrogens is 346 g/mol. The van der Waals surface area contributed by atoms with Crippen LogP contribution in [0.1, 0.15) is 11.6 Å². The molecule has 0 amide bonds. The number of hydrogen-bond donors (Lipinski definition) is 2. The van der Waals surface area contributed by atoms with Gasteiger partial charge in [0, 0.05) is 20.7 Å². The first-order chi connectivity index (χ1) is 9.63. The van der Waals surface area contributed by atoms with Gasteiger partial charge < -0.3 is 0 Å². The van der Waals surface area contributed by atoms with Gasteiger partial charge in [0.1, 0.15) is 11.6 Å². The van der Waals surface area contributed by atoms with Crippen molar-refractivity contribution in [2.45, 2.75) is 10.9 Å². The molecule has 0 aliphatic heterocycles. The summed E-state index contributed by atoms with van der Waals surface area (Å²) in [5.41, 5.74) is 2.44. The first-order valence-corrected chi connectivity index (χ1v) is 7.68. The molecule has 0 radical (unpaired) electrons. The van der Waals surface area contributed by atoms with Crippen LogP contribution in [0.5, 0.6) is 0 Å². The Morgan fingerprint density at radius 2 is 1.75 bits per heavy atom. The minimum atomic E-state index is -0.603. The highest BCUT2D eigenvalue weighted by Gasteiger charge is 2.19. The van der Waals surface area contributed by atoms with E-state index in [1.54, 1.807) is 0 Å². The fourth-order valence-electron chi connectivity index (χ4n) is 1.79. The highest BCUT2D eigenvalue weighted by atomic mass is 79.9. The van der Waals surface area contributed by atoms with Gasteiger partial charge in [-0.1, -0.05) is 18.2 Å². The lowest BCUT2D eigenvalue weighted by atomic mass is 10.1. The van der Waals surface area contributed by atoms with Crippen molar-refractivity contribution in [3.8, 4) is 0 Å². The Hall–Kier alpha value is -0.950. The van der Waals surface area contributed by atoms with Crippen molar-refractivity contribution >= 4 is 27.7 Å². The minimum absolute atomic E-state index is 0.0328. The molecule has 3 N–H and O–H groups in total. The van der Waals surface area contributed by atoms with Crippen molar-refractivity contribution in [1.82, 2.24) is 5.43 Å². The van der Waals surface area contributed by atoms with Crippen LogP contribution in [0.25, 0.3) is 0 Å². The topological polar surface area (TPSA) is 38.0 Å². The van der Waals surface area contributed by atoms with Crippen LogP contribution in [0.2, 0.25) is 0 Å². The molecule has 0 heterocycles. The molecule has 0 fully saturated rings. The molecule has 6 heteroatoms. The van der Waals surface area contributed by atoms with Gasteiger partial charge in [0.05, 0.1) is 6.04 Å². The predicted molar refractivity (Wildman–Crippen MR) is 81.3 cm³/mol. The average molecular weight is 359 g/mol. The molecule has 106 valence electrons. The van der Waals surface area contributed by atoms with Crippen molar-refractivity contribution < 1.29 is 8.78 Å². The lowest BCUT2D eigenvalue weighted by Gasteiger charge is -2.17. The molecule has 2 nitrogen and oxygen atoms in total. The van der Waals surface area contributed by atoms with Crippen LogP contribution in [0.3, 0.4) is 0 Å². The zero-order valence-corrected chi connectivity index (χ0v) is 12.8. The minimum Gasteiger partial charge on any atom is -0.271 e. The summed E-state index contributed by atoms with van der Waals surface area (Å²) >= 11 is 4.90. The lowest BCUT2D eigenvalue weighted by molar-refractivity contribution is 0.500. The van der Waals surface area contributed by atoms with Crippen LogP contribution in [-0.2, 0) is 0 Å². The van der Waals surface area contributed by atoms with Crippen molar-refractivity contribution in [2.75, 3.05) is 5.75 Å². The fraction of sp³-hybridized carbons (Fsp3) is 0.143. The van der Waals surface area contributed by atoms with E-state index in [2.05, 4.69) is 21.4 Å². The van der Waals surface area contributed by atoms with Gasteiger partial charge in [-0.05, 0) is 40.2 Å². The van der Waals surface area contributed by atoms with Crippen molar-refractivity contribution in [1.29, 1.82) is 0 Å². The number of rotatable bonds is 5. The molecule has 0 aliphatic rings. The molecule has 0 aliphatic carbocycles. The molecular formula is C14H13BrF2N2S. The number of halogens is 3. The van der Waals surface area contributed by atoms with E-state index < -0.39 is 17.7 Å². The second-order valence-electron chi connectivity index (χ2n) is 4.10. The molecule has 1 unspecified atom stereocenters. The number of nitrogens with one attached hydrogen (secondary N) is 1. The molecule has 20 heavy (non-hydrogen) atoms. The number of benzene rings is 2. The predicted octanol–water partition coefficient (Wildman–Crippen LogP) is 4.02. The van der Waals surface area contributed by atoms with E-state index in [0.29, 0.717) is 5.75 Å². The van der Waals surface area contributed by atoms with Crippen LogP contribution in [-0.4, -0.2) is 5.75 Å². The highest BCUT2D eigenvalue weighted by molar-refractivity contribution is 9.10. The Kier molecular flexibility index (Phi) is 5.54. The first kappa shape index (κ1) is 15.4. The summed E-state index contributed by atoms with van der Waals surface area (Å²) in [6.07, 6.45) is 0. The molecule has 2 rings (SSSR count). The van der Waals surface area contributed by atoms with E-state index in [1.807, 2.05) is 24.3 Å². The summed E-state index contributed by atoms with van der Waals surface area (Å²) in [4.78, 5) is 0.990. The van der Waals surface area contributed by atoms with E-state index in [1.165, 1.54) is 30.0 Å². The Bertz CT molecular complexity index is 575. The number of nitrogens with two attached hydrogens (primary N) is 1. The summed E-state index contributed by atoms with van der Waals surface area (Å²) in [7, 11) is 0. The largest absolute Gasteiger partial charge is 0.271 e. The summed E-state index contributed by atoms with van der Waals surface area (Å²) in [6.45, 7) is 0. The maximum absolute atomic E-state index is 13.7. The third-order valence-electron chi connectivity index (χ3n) is 2.79. The molecule has 0 aromatic heterocycles. The second-order valence-corrected chi connectivity index (χ2v) is 6.01. The zero-order valence-electron chi connectivity index (χ0n) is 10.4. The first-order valence-electron chi connectivity index (χ1n) is 5.91. The average Bonchev–Trinajstić information content (AvgIpc) is 2.43. The Morgan fingerprint density at radius 3 is 2.35 bits per heavy atom. The Balaban J connectivity index is 2.16. The van der Waals surface area contributed by atoms with Gasteiger partial charge in [-0.2, -0.15) is 0 Å². The van der Waals surface area contributed by atoms with Crippen molar-refractivity contribution in [2.24, 2.45) is 5.84 Å². The van der Waals surface area contributed by atoms with E-state index in [4.69, 9.17) is 5.84 Å². The van der Waals surface area contributed by atoms with E-state index in [9.17, 15) is 8.78 Å². The molecule has 0 saturated heterocycles. The van der Waals surface area contributed by atoms with E-state index >= 15 is 0 Å². The smallest absolute Gasteiger partial charge is 0.130 e. The summed E-state index contributed by atoms with van der Waals surface area (Å²) in [5.74, 6) is 4.66. The zero-order chi connectivity index (χ0) is 14.5. The van der Waals surface area contributed by atoms with Crippen LogP contribution in [0.15, 0.2) is 51.8 Å². The highest BCUT2D eigenvalue weighted by Crippen LogP contribution is 2.31. The lowest BCUT2D eigenvalue weighted by Crippen LogP contribution is -2.31. The van der Waals surface area contributed by atoms with Gasteiger partial charge in [0.15, 0.2) is 0 Å². The van der Waals surface area contributed by atoms with Gasteiger partial charge in [-0.15, -0.1) is 11.8 Å². The standard InChI is InChI=1S/C14H13BrF2N2S/c15-9-4-1-2-7-13(9)20-8-12(19-18)14-10(16)5-3-6-11(14)17/h1-7,12,19H,8,18H2. The molecule has 0 bridgehead atoms. The van der Waals surface area contributed by atoms with Crippen molar-refractivity contribution in [3.05, 3.63) is 64.1 Å². The summed E-state index contributed by atoms with van der Waals surface area (Å²) < 4.78 is 28.4. The normalized spacial score (nSPS) is 12.4. The molecule has 0 saturated carbocycles. The quantitative estimate of drug-likeness (QED) is 0.481. The second kappa shape index (κ2) is 7.17. The number of hydrazine groups is 1. The molecule has 2 aromatic carbocycles. The van der Waals surface area contributed by atoms with Gasteiger partial charge in [-0.25, -0.2) is 8.78 Å². The fourth-order valence-corrected chi connectivity index (χ4v) is 3.41. The maximum atomic E-state index is 13.7. The molecule has 0 spiro atoms. The number of hydrogen-bond acceptors (Lipinski definition) is 3. The summed E-state index contributed by atoms with van der Waals surface area (Å²) in [5, 5.41) is 0. The molecule has 1 atom stereocenters.